The number of ether oxygens (including phenoxy) is 1. The van der Waals surface area contributed by atoms with Crippen LogP contribution >= 0.6 is 0 Å². The molecule has 0 radical (unpaired) electrons. The predicted octanol–water partition coefficient (Wildman–Crippen LogP) is 2.41. The Labute approximate surface area is 118 Å². The maximum atomic E-state index is 5.39. The summed E-state index contributed by atoms with van der Waals surface area (Å²) >= 11 is 0. The molecule has 1 atom stereocenters. The lowest BCUT2D eigenvalue weighted by atomic mass is 9.57. The van der Waals surface area contributed by atoms with E-state index in [1.807, 2.05) is 0 Å². The fraction of sp³-hybridized carbons (Fsp3) is 1.00. The minimum absolute atomic E-state index is 0.719. The molecule has 3 nitrogen and oxygen atoms in total. The lowest BCUT2D eigenvalue weighted by Gasteiger charge is -2.52. The number of hydrogen-bond acceptors (Lipinski definition) is 3. The van der Waals surface area contributed by atoms with E-state index in [2.05, 4.69) is 10.2 Å². The molecule has 0 aromatic heterocycles. The minimum atomic E-state index is 0.719. The van der Waals surface area contributed by atoms with Gasteiger partial charge in [0.1, 0.15) is 0 Å². The van der Waals surface area contributed by atoms with Gasteiger partial charge in [0.05, 0.1) is 13.2 Å². The Bertz CT molecular complexity index is 270. The van der Waals surface area contributed by atoms with Crippen molar-refractivity contribution < 1.29 is 4.74 Å². The normalized spacial score (nSPS) is 31.3. The van der Waals surface area contributed by atoms with E-state index in [1.54, 1.807) is 0 Å². The SMILES string of the molecule is C1CCC2(CC1)CCC2NCCCN1CCOCC1. The Hall–Kier alpha value is -0.120. The molecule has 2 aliphatic carbocycles. The van der Waals surface area contributed by atoms with Gasteiger partial charge in [0.15, 0.2) is 0 Å². The van der Waals surface area contributed by atoms with Crippen LogP contribution in [-0.4, -0.2) is 50.3 Å². The smallest absolute Gasteiger partial charge is 0.0594 e. The maximum Gasteiger partial charge on any atom is 0.0594 e. The number of morpholine rings is 1. The number of nitrogens with zero attached hydrogens (tertiary/aromatic N) is 1. The van der Waals surface area contributed by atoms with Gasteiger partial charge >= 0.3 is 0 Å². The summed E-state index contributed by atoms with van der Waals surface area (Å²) in [4.78, 5) is 2.54. The third kappa shape index (κ3) is 3.32. The average Bonchev–Trinajstić information content (AvgIpc) is 2.48. The zero-order chi connectivity index (χ0) is 13.0. The standard InChI is InChI=1S/C16H30N2O/c1-2-6-16(7-3-1)8-5-15(16)17-9-4-10-18-11-13-19-14-12-18/h15,17H,1-14H2. The summed E-state index contributed by atoms with van der Waals surface area (Å²) < 4.78 is 5.39. The van der Waals surface area contributed by atoms with Crippen molar-refractivity contribution in [1.82, 2.24) is 10.2 Å². The third-order valence-electron chi connectivity index (χ3n) is 5.66. The molecular weight excluding hydrogens is 236 g/mol. The van der Waals surface area contributed by atoms with Crippen LogP contribution in [0.15, 0.2) is 0 Å². The molecule has 3 heteroatoms. The molecule has 0 amide bonds. The first-order valence-electron chi connectivity index (χ1n) is 8.43. The monoisotopic (exact) mass is 266 g/mol. The third-order valence-corrected chi connectivity index (χ3v) is 5.66. The summed E-state index contributed by atoms with van der Waals surface area (Å²) in [6.07, 6.45) is 11.6. The molecule has 0 bridgehead atoms. The molecule has 3 fully saturated rings. The van der Waals surface area contributed by atoms with Crippen LogP contribution < -0.4 is 5.32 Å². The Kier molecular flexibility index (Phi) is 4.78. The molecule has 0 aromatic carbocycles. The minimum Gasteiger partial charge on any atom is -0.379 e. The van der Waals surface area contributed by atoms with Crippen LogP contribution in [0, 0.1) is 5.41 Å². The Balaban J connectivity index is 1.31. The van der Waals surface area contributed by atoms with Crippen LogP contribution in [0.5, 0.6) is 0 Å². The number of hydrogen-bond donors (Lipinski definition) is 1. The summed E-state index contributed by atoms with van der Waals surface area (Å²) in [6, 6.07) is 0.845. The fourth-order valence-electron chi connectivity index (χ4n) is 4.27. The molecule has 1 spiro atoms. The van der Waals surface area contributed by atoms with Crippen molar-refractivity contribution in [1.29, 1.82) is 0 Å². The van der Waals surface area contributed by atoms with E-state index in [4.69, 9.17) is 4.74 Å². The quantitative estimate of drug-likeness (QED) is 0.773. The maximum absolute atomic E-state index is 5.39. The highest BCUT2D eigenvalue weighted by Gasteiger charge is 2.46. The molecule has 2 saturated carbocycles. The van der Waals surface area contributed by atoms with Gasteiger partial charge in [-0.15, -0.1) is 0 Å². The van der Waals surface area contributed by atoms with Crippen molar-refractivity contribution in [3.63, 3.8) is 0 Å². The summed E-state index contributed by atoms with van der Waals surface area (Å²) in [5, 5.41) is 3.86. The van der Waals surface area contributed by atoms with Crippen molar-refractivity contribution in [2.45, 2.75) is 57.4 Å². The van der Waals surface area contributed by atoms with E-state index in [9.17, 15) is 0 Å². The molecule has 0 aromatic rings. The van der Waals surface area contributed by atoms with Crippen molar-refractivity contribution in [3.05, 3.63) is 0 Å². The molecule has 1 N–H and O–H groups in total. The van der Waals surface area contributed by atoms with Crippen LogP contribution in [0.2, 0.25) is 0 Å². The average molecular weight is 266 g/mol. The summed E-state index contributed by atoms with van der Waals surface area (Å²) in [7, 11) is 0. The van der Waals surface area contributed by atoms with Gasteiger partial charge in [0.25, 0.3) is 0 Å². The van der Waals surface area contributed by atoms with Gasteiger partial charge in [0, 0.05) is 19.1 Å². The highest BCUT2D eigenvalue weighted by molar-refractivity contribution is 5.01. The van der Waals surface area contributed by atoms with Gasteiger partial charge in [-0.2, -0.15) is 0 Å². The van der Waals surface area contributed by atoms with Crippen LogP contribution in [-0.2, 0) is 4.74 Å². The molecule has 1 heterocycles. The van der Waals surface area contributed by atoms with Gasteiger partial charge in [-0.3, -0.25) is 4.90 Å². The zero-order valence-electron chi connectivity index (χ0n) is 12.3. The van der Waals surface area contributed by atoms with Crippen molar-refractivity contribution >= 4 is 0 Å². The van der Waals surface area contributed by atoms with Crippen molar-refractivity contribution in [3.8, 4) is 0 Å². The van der Waals surface area contributed by atoms with E-state index in [0.717, 1.165) is 37.8 Å². The topological polar surface area (TPSA) is 24.5 Å². The second-order valence-corrected chi connectivity index (χ2v) is 6.78. The first-order valence-corrected chi connectivity index (χ1v) is 8.43. The van der Waals surface area contributed by atoms with E-state index < -0.39 is 0 Å². The molecule has 110 valence electrons. The fourth-order valence-corrected chi connectivity index (χ4v) is 4.27. The largest absolute Gasteiger partial charge is 0.379 e. The number of rotatable bonds is 5. The number of nitrogens with one attached hydrogen (secondary N) is 1. The van der Waals surface area contributed by atoms with E-state index in [-0.39, 0.29) is 0 Å². The zero-order valence-corrected chi connectivity index (χ0v) is 12.3. The molecule has 1 unspecified atom stereocenters. The van der Waals surface area contributed by atoms with Gasteiger partial charge in [0.2, 0.25) is 0 Å². The highest BCUT2D eigenvalue weighted by atomic mass is 16.5. The van der Waals surface area contributed by atoms with Crippen LogP contribution in [0.4, 0.5) is 0 Å². The van der Waals surface area contributed by atoms with Crippen LogP contribution in [0.25, 0.3) is 0 Å². The van der Waals surface area contributed by atoms with E-state index >= 15 is 0 Å². The summed E-state index contributed by atoms with van der Waals surface area (Å²) in [6.45, 7) is 6.58. The first kappa shape index (κ1) is 13.8. The predicted molar refractivity (Wildman–Crippen MR) is 78.4 cm³/mol. The van der Waals surface area contributed by atoms with Gasteiger partial charge in [-0.05, 0) is 50.6 Å². The molecule has 1 aliphatic heterocycles. The Morgan fingerprint density at radius 1 is 1.05 bits per heavy atom. The second kappa shape index (κ2) is 6.55. The van der Waals surface area contributed by atoms with Gasteiger partial charge in [-0.1, -0.05) is 19.3 Å². The Morgan fingerprint density at radius 3 is 2.53 bits per heavy atom. The Morgan fingerprint density at radius 2 is 1.84 bits per heavy atom. The first-order chi connectivity index (χ1) is 9.39. The van der Waals surface area contributed by atoms with Crippen LogP contribution in [0.1, 0.15) is 51.4 Å². The lowest BCUT2D eigenvalue weighted by Crippen LogP contribution is -2.54. The molecule has 19 heavy (non-hydrogen) atoms. The molecule has 3 aliphatic rings. The van der Waals surface area contributed by atoms with Crippen LogP contribution in [0.3, 0.4) is 0 Å². The molecule has 3 rings (SSSR count). The summed E-state index contributed by atoms with van der Waals surface area (Å²) in [5.74, 6) is 0. The van der Waals surface area contributed by atoms with Gasteiger partial charge in [-0.25, -0.2) is 0 Å². The summed E-state index contributed by atoms with van der Waals surface area (Å²) in [5.41, 5.74) is 0.719. The lowest BCUT2D eigenvalue weighted by molar-refractivity contribution is 0.0202. The van der Waals surface area contributed by atoms with Crippen molar-refractivity contribution in [2.75, 3.05) is 39.4 Å². The van der Waals surface area contributed by atoms with Crippen molar-refractivity contribution in [2.24, 2.45) is 5.41 Å². The van der Waals surface area contributed by atoms with E-state index in [0.29, 0.717) is 0 Å². The molecular formula is C16H30N2O. The highest BCUT2D eigenvalue weighted by Crippen LogP contribution is 2.51. The van der Waals surface area contributed by atoms with E-state index in [1.165, 1.54) is 64.5 Å². The molecule has 1 saturated heterocycles. The second-order valence-electron chi connectivity index (χ2n) is 6.78. The van der Waals surface area contributed by atoms with Gasteiger partial charge < -0.3 is 10.1 Å².